The average Bonchev–Trinajstić information content (AvgIpc) is 3.96. The fourth-order valence-corrected chi connectivity index (χ4v) is 9.67. The molecular formula is C51H30N4OS. The number of nitrogens with zero attached hydrogens (tertiary/aromatic N) is 4. The highest BCUT2D eigenvalue weighted by atomic mass is 32.1. The van der Waals surface area contributed by atoms with E-state index in [9.17, 15) is 0 Å². The standard InChI is InChI=1S/C51H30N4OS/c1-2-13-31(14-3-1)49-52-50(54-51(53-49)41-23-12-22-39-37-20-6-9-26-45(37)57-48(39)41)34-17-10-15-32(29-34)33-16-11-18-35(30-33)55-42-24-7-4-19-36(42)38-27-28-44-46(47(38)55)40-21-5-8-25-43(40)56-44/h1-30H. The van der Waals surface area contributed by atoms with E-state index in [0.717, 1.165) is 66.5 Å². The second-order valence-corrected chi connectivity index (χ2v) is 15.4. The van der Waals surface area contributed by atoms with Crippen molar-refractivity contribution in [2.24, 2.45) is 0 Å². The number of benzene rings is 8. The molecule has 0 N–H and O–H groups in total. The second kappa shape index (κ2) is 12.6. The summed E-state index contributed by atoms with van der Waals surface area (Å²) in [6, 6.07) is 63.8. The minimum absolute atomic E-state index is 0.631. The molecule has 0 saturated carbocycles. The quantitative estimate of drug-likeness (QED) is 0.176. The van der Waals surface area contributed by atoms with Crippen molar-refractivity contribution < 1.29 is 4.42 Å². The summed E-state index contributed by atoms with van der Waals surface area (Å²) in [6.45, 7) is 0. The maximum Gasteiger partial charge on any atom is 0.165 e. The van der Waals surface area contributed by atoms with E-state index in [1.165, 1.54) is 30.9 Å². The Labute approximate surface area is 330 Å². The molecule has 266 valence electrons. The lowest BCUT2D eigenvalue weighted by Crippen LogP contribution is -2.00. The summed E-state index contributed by atoms with van der Waals surface area (Å²) in [6.07, 6.45) is 0. The van der Waals surface area contributed by atoms with Gasteiger partial charge in [0.25, 0.3) is 0 Å². The third-order valence-electron chi connectivity index (χ3n) is 11.0. The summed E-state index contributed by atoms with van der Waals surface area (Å²) in [5, 5.41) is 7.10. The smallest absolute Gasteiger partial charge is 0.165 e. The summed E-state index contributed by atoms with van der Waals surface area (Å²) in [5.74, 6) is 1.94. The van der Waals surface area contributed by atoms with Gasteiger partial charge in [-0.25, -0.2) is 15.0 Å². The maximum absolute atomic E-state index is 6.37. The molecule has 0 saturated heterocycles. The Balaban J connectivity index is 1.03. The van der Waals surface area contributed by atoms with Crippen molar-refractivity contribution >= 4 is 75.3 Å². The van der Waals surface area contributed by atoms with Gasteiger partial charge in [-0.15, -0.1) is 11.3 Å². The molecular weight excluding hydrogens is 717 g/mol. The van der Waals surface area contributed by atoms with Crippen LogP contribution >= 0.6 is 11.3 Å². The van der Waals surface area contributed by atoms with Crippen LogP contribution in [0.4, 0.5) is 0 Å². The molecule has 4 aromatic heterocycles. The maximum atomic E-state index is 6.37. The van der Waals surface area contributed by atoms with Gasteiger partial charge in [-0.3, -0.25) is 0 Å². The van der Waals surface area contributed by atoms with Gasteiger partial charge >= 0.3 is 0 Å². The minimum Gasteiger partial charge on any atom is -0.456 e. The Kier molecular flexibility index (Phi) is 7.03. The third kappa shape index (κ3) is 5.04. The Morgan fingerprint density at radius 1 is 0.421 bits per heavy atom. The van der Waals surface area contributed by atoms with E-state index < -0.39 is 0 Å². The summed E-state index contributed by atoms with van der Waals surface area (Å²) < 4.78 is 11.2. The topological polar surface area (TPSA) is 56.7 Å². The van der Waals surface area contributed by atoms with Crippen molar-refractivity contribution in [2.75, 3.05) is 0 Å². The first-order valence-corrected chi connectivity index (χ1v) is 19.8. The molecule has 0 aliphatic heterocycles. The zero-order chi connectivity index (χ0) is 37.5. The minimum atomic E-state index is 0.631. The molecule has 6 heteroatoms. The van der Waals surface area contributed by atoms with E-state index in [-0.39, 0.29) is 0 Å². The van der Waals surface area contributed by atoms with Crippen LogP contribution in [0.2, 0.25) is 0 Å². The van der Waals surface area contributed by atoms with Crippen LogP contribution in [0, 0.1) is 0 Å². The number of thiophene rings is 1. The van der Waals surface area contributed by atoms with Crippen LogP contribution in [0.1, 0.15) is 0 Å². The van der Waals surface area contributed by atoms with E-state index in [1.54, 1.807) is 11.3 Å². The zero-order valence-electron chi connectivity index (χ0n) is 30.4. The van der Waals surface area contributed by atoms with Gasteiger partial charge in [0.2, 0.25) is 0 Å². The Bertz CT molecular complexity index is 3540. The molecule has 0 aliphatic rings. The lowest BCUT2D eigenvalue weighted by Gasteiger charge is -2.12. The highest BCUT2D eigenvalue weighted by Crippen LogP contribution is 2.42. The van der Waals surface area contributed by atoms with Crippen LogP contribution in [0.25, 0.3) is 115 Å². The molecule has 0 aliphatic carbocycles. The summed E-state index contributed by atoms with van der Waals surface area (Å²) in [7, 11) is 0. The first-order chi connectivity index (χ1) is 28.2. The van der Waals surface area contributed by atoms with Crippen LogP contribution in [0.5, 0.6) is 0 Å². The third-order valence-corrected chi connectivity index (χ3v) is 12.3. The van der Waals surface area contributed by atoms with Gasteiger partial charge in [-0.05, 0) is 65.7 Å². The van der Waals surface area contributed by atoms with Crippen LogP contribution in [-0.4, -0.2) is 19.5 Å². The number of furan rings is 1. The van der Waals surface area contributed by atoms with Crippen LogP contribution in [0.3, 0.4) is 0 Å². The number of rotatable bonds is 5. The number of hydrogen-bond acceptors (Lipinski definition) is 5. The molecule has 0 radical (unpaired) electrons. The van der Waals surface area contributed by atoms with E-state index in [2.05, 4.69) is 156 Å². The molecule has 0 fully saturated rings. The van der Waals surface area contributed by atoms with E-state index >= 15 is 0 Å². The number of fused-ring (bicyclic) bond motifs is 10. The Morgan fingerprint density at radius 2 is 1.07 bits per heavy atom. The van der Waals surface area contributed by atoms with Crippen molar-refractivity contribution in [2.45, 2.75) is 0 Å². The Morgan fingerprint density at radius 3 is 1.96 bits per heavy atom. The largest absolute Gasteiger partial charge is 0.456 e. The molecule has 12 rings (SSSR count). The van der Waals surface area contributed by atoms with Crippen molar-refractivity contribution in [1.82, 2.24) is 19.5 Å². The molecule has 12 aromatic rings. The summed E-state index contributed by atoms with van der Waals surface area (Å²) >= 11 is 1.78. The predicted octanol–water partition coefficient (Wildman–Crippen LogP) is 13.9. The van der Waals surface area contributed by atoms with Crippen molar-refractivity contribution in [1.29, 1.82) is 0 Å². The van der Waals surface area contributed by atoms with E-state index in [0.29, 0.717) is 17.5 Å². The first kappa shape index (κ1) is 31.9. The van der Waals surface area contributed by atoms with Gasteiger partial charge in [-0.2, -0.15) is 0 Å². The summed E-state index contributed by atoms with van der Waals surface area (Å²) in [4.78, 5) is 15.4. The lowest BCUT2D eigenvalue weighted by atomic mass is 10.0. The molecule has 5 nitrogen and oxygen atoms in total. The van der Waals surface area contributed by atoms with Gasteiger partial charge in [-0.1, -0.05) is 127 Å². The van der Waals surface area contributed by atoms with Crippen molar-refractivity contribution in [3.63, 3.8) is 0 Å². The van der Waals surface area contributed by atoms with E-state index in [4.69, 9.17) is 19.4 Å². The molecule has 4 heterocycles. The molecule has 0 amide bonds. The monoisotopic (exact) mass is 746 g/mol. The van der Waals surface area contributed by atoms with Crippen molar-refractivity contribution in [3.8, 4) is 51.0 Å². The molecule has 0 bridgehead atoms. The average molecular weight is 747 g/mol. The fourth-order valence-electron chi connectivity index (χ4n) is 8.46. The van der Waals surface area contributed by atoms with Gasteiger partial charge in [0.15, 0.2) is 17.5 Å². The van der Waals surface area contributed by atoms with Gasteiger partial charge in [0, 0.05) is 58.7 Å². The zero-order valence-corrected chi connectivity index (χ0v) is 31.2. The van der Waals surface area contributed by atoms with Gasteiger partial charge in [0.1, 0.15) is 11.2 Å². The SMILES string of the molecule is c1ccc(-c2nc(-c3cccc(-c4cccc(-n5c6ccccc6c6ccc7oc8ccccc8c7c65)c4)c3)nc(-c3cccc4c3sc3ccccc34)n2)cc1. The Hall–Kier alpha value is -7.41. The van der Waals surface area contributed by atoms with E-state index in [1.807, 2.05) is 30.3 Å². The highest BCUT2D eigenvalue weighted by molar-refractivity contribution is 7.26. The van der Waals surface area contributed by atoms with Crippen molar-refractivity contribution in [3.05, 3.63) is 182 Å². The normalized spacial score (nSPS) is 11.9. The molecule has 0 unspecified atom stereocenters. The molecule has 0 atom stereocenters. The highest BCUT2D eigenvalue weighted by Gasteiger charge is 2.20. The lowest BCUT2D eigenvalue weighted by molar-refractivity contribution is 0.669. The summed E-state index contributed by atoms with van der Waals surface area (Å²) in [5.41, 5.74) is 10.2. The second-order valence-electron chi connectivity index (χ2n) is 14.4. The van der Waals surface area contributed by atoms with Crippen LogP contribution in [-0.2, 0) is 0 Å². The van der Waals surface area contributed by atoms with Gasteiger partial charge in [0.05, 0.1) is 16.4 Å². The molecule has 0 spiro atoms. The number of hydrogen-bond donors (Lipinski definition) is 0. The van der Waals surface area contributed by atoms with Crippen LogP contribution < -0.4 is 0 Å². The van der Waals surface area contributed by atoms with Gasteiger partial charge < -0.3 is 8.98 Å². The fraction of sp³-hybridized carbons (Fsp3) is 0. The first-order valence-electron chi connectivity index (χ1n) is 19.0. The molecule has 57 heavy (non-hydrogen) atoms. The predicted molar refractivity (Wildman–Crippen MR) is 236 cm³/mol. The van der Waals surface area contributed by atoms with Crippen LogP contribution in [0.15, 0.2) is 186 Å². The molecule has 8 aromatic carbocycles. The number of para-hydroxylation sites is 2. The number of aromatic nitrogens is 4.